The van der Waals surface area contributed by atoms with Crippen molar-refractivity contribution < 1.29 is 10.1 Å². The van der Waals surface area contributed by atoms with E-state index >= 15 is 0 Å². The lowest BCUT2D eigenvalue weighted by molar-refractivity contribution is -0.718. The van der Waals surface area contributed by atoms with Crippen LogP contribution in [0.3, 0.4) is 0 Å². The highest BCUT2D eigenvalue weighted by molar-refractivity contribution is 5.79. The average Bonchev–Trinajstić information content (AvgIpc) is 2.65. The van der Waals surface area contributed by atoms with Gasteiger partial charge in [-0.3, -0.25) is 9.69 Å². The number of quaternary nitrogens is 1. The Morgan fingerprint density at radius 2 is 2.46 bits per heavy atom. The van der Waals surface area contributed by atoms with Crippen molar-refractivity contribution in [3.63, 3.8) is 0 Å². The molecule has 0 aliphatic carbocycles. The molecule has 1 amide bonds. The molecule has 0 aromatic carbocycles. The van der Waals surface area contributed by atoms with Crippen molar-refractivity contribution in [3.8, 4) is 0 Å². The fourth-order valence-corrected chi connectivity index (χ4v) is 2.71. The zero-order valence-corrected chi connectivity index (χ0v) is 8.38. The number of hydrogen-bond donors (Lipinski definition) is 1. The van der Waals surface area contributed by atoms with Gasteiger partial charge in [0.05, 0.1) is 13.1 Å². The van der Waals surface area contributed by atoms with Crippen molar-refractivity contribution in [1.29, 1.82) is 0 Å². The van der Waals surface area contributed by atoms with Crippen molar-refractivity contribution in [2.24, 2.45) is 0 Å². The van der Waals surface area contributed by atoms with Crippen molar-refractivity contribution >= 4 is 5.91 Å². The highest BCUT2D eigenvalue weighted by atomic mass is 16.2. The first-order valence-corrected chi connectivity index (χ1v) is 5.43. The minimum Gasteiger partial charge on any atom is -0.323 e. The molecule has 0 unspecified atom stereocenters. The van der Waals surface area contributed by atoms with Crippen LogP contribution < -0.4 is 5.32 Å². The van der Waals surface area contributed by atoms with Gasteiger partial charge in [-0.15, -0.1) is 0 Å². The van der Waals surface area contributed by atoms with Gasteiger partial charge in [-0.05, 0) is 6.42 Å². The van der Waals surface area contributed by atoms with E-state index in [1.165, 1.54) is 19.3 Å². The maximum Gasteiger partial charge on any atom is 0.227 e. The maximum atomic E-state index is 11.5. The average molecular weight is 183 g/mol. The normalized spacial score (nSPS) is 32.7. The number of carbonyl (C=O) groups is 1. The molecule has 2 N–H and O–H groups in total. The lowest BCUT2D eigenvalue weighted by Crippen LogP contribution is -2.95. The monoisotopic (exact) mass is 183 g/mol. The summed E-state index contributed by atoms with van der Waals surface area (Å²) in [6, 6.07) is 0. The van der Waals surface area contributed by atoms with Gasteiger partial charge in [0.2, 0.25) is 5.91 Å². The molecule has 13 heavy (non-hydrogen) atoms. The van der Waals surface area contributed by atoms with Crippen molar-refractivity contribution in [2.45, 2.75) is 44.7 Å². The second-order valence-electron chi connectivity index (χ2n) is 4.25. The second kappa shape index (κ2) is 3.29. The molecule has 2 aliphatic rings. The smallest absolute Gasteiger partial charge is 0.227 e. The third-order valence-corrected chi connectivity index (χ3v) is 3.45. The molecular weight excluding hydrogens is 164 g/mol. The van der Waals surface area contributed by atoms with Gasteiger partial charge >= 0.3 is 0 Å². The Kier molecular flexibility index (Phi) is 2.28. The first kappa shape index (κ1) is 9.00. The lowest BCUT2D eigenvalue weighted by atomic mass is 10.0. The minimum atomic E-state index is 0.188. The van der Waals surface area contributed by atoms with Crippen LogP contribution in [0.1, 0.15) is 39.0 Å². The van der Waals surface area contributed by atoms with Crippen molar-refractivity contribution in [2.75, 3.05) is 13.1 Å². The van der Waals surface area contributed by atoms with E-state index in [0.717, 1.165) is 25.9 Å². The van der Waals surface area contributed by atoms with Crippen molar-refractivity contribution in [1.82, 2.24) is 4.90 Å². The Balaban J connectivity index is 2.06. The third-order valence-electron chi connectivity index (χ3n) is 3.45. The summed E-state index contributed by atoms with van der Waals surface area (Å²) in [5, 5.41) is 2.38. The molecule has 3 nitrogen and oxygen atoms in total. The van der Waals surface area contributed by atoms with Crippen LogP contribution in [0.5, 0.6) is 0 Å². The number of fused-ring (bicyclic) bond motifs is 1. The first-order valence-electron chi connectivity index (χ1n) is 5.43. The number of nitrogens with two attached hydrogens (primary N) is 1. The number of carbonyl (C=O) groups excluding carboxylic acids is 1. The fourth-order valence-electron chi connectivity index (χ4n) is 2.71. The molecule has 2 aliphatic heterocycles. The standard InChI is InChI=1S/C10H18N2O/c1-2-3-5-10-6-4-9(13)12(10)8-7-11-10/h11H,2-8H2,1H3/p+1/t10-/m0/s1. The summed E-state index contributed by atoms with van der Waals surface area (Å²) in [6.07, 6.45) is 5.53. The predicted molar refractivity (Wildman–Crippen MR) is 50.0 cm³/mol. The third kappa shape index (κ3) is 1.35. The summed E-state index contributed by atoms with van der Waals surface area (Å²) in [5.41, 5.74) is 0.188. The number of amides is 1. The molecule has 74 valence electrons. The van der Waals surface area contributed by atoms with E-state index in [-0.39, 0.29) is 5.66 Å². The molecule has 0 bridgehead atoms. The van der Waals surface area contributed by atoms with Gasteiger partial charge in [0.1, 0.15) is 0 Å². The van der Waals surface area contributed by atoms with E-state index in [0.29, 0.717) is 5.91 Å². The van der Waals surface area contributed by atoms with E-state index in [1.54, 1.807) is 0 Å². The van der Waals surface area contributed by atoms with Gasteiger partial charge in [-0.25, -0.2) is 0 Å². The van der Waals surface area contributed by atoms with Gasteiger partial charge < -0.3 is 5.32 Å². The van der Waals surface area contributed by atoms with Crippen LogP contribution in [0.2, 0.25) is 0 Å². The number of unbranched alkanes of at least 4 members (excludes halogenated alkanes) is 1. The molecule has 2 heterocycles. The second-order valence-corrected chi connectivity index (χ2v) is 4.25. The Morgan fingerprint density at radius 3 is 3.23 bits per heavy atom. The highest BCUT2D eigenvalue weighted by Crippen LogP contribution is 2.30. The molecule has 1 atom stereocenters. The van der Waals surface area contributed by atoms with Gasteiger partial charge in [0.15, 0.2) is 5.66 Å². The summed E-state index contributed by atoms with van der Waals surface area (Å²) >= 11 is 0. The molecule has 2 fully saturated rings. The Bertz CT molecular complexity index is 217. The van der Waals surface area contributed by atoms with Gasteiger partial charge in [-0.1, -0.05) is 13.3 Å². The maximum absolute atomic E-state index is 11.5. The first-order chi connectivity index (χ1) is 6.28. The largest absolute Gasteiger partial charge is 0.323 e. The predicted octanol–water partition coefficient (Wildman–Crippen LogP) is 0.0723. The molecule has 0 aromatic rings. The molecule has 0 saturated carbocycles. The van der Waals surface area contributed by atoms with Crippen LogP contribution in [0.4, 0.5) is 0 Å². The Labute approximate surface area is 79.5 Å². The summed E-state index contributed by atoms with van der Waals surface area (Å²) in [6.45, 7) is 4.30. The Hall–Kier alpha value is -0.570. The molecule has 0 spiro atoms. The molecule has 2 saturated heterocycles. The van der Waals surface area contributed by atoms with E-state index < -0.39 is 0 Å². The van der Waals surface area contributed by atoms with Crippen LogP contribution in [-0.2, 0) is 4.79 Å². The van der Waals surface area contributed by atoms with E-state index in [2.05, 4.69) is 17.1 Å². The lowest BCUT2D eigenvalue weighted by Gasteiger charge is -2.27. The highest BCUT2D eigenvalue weighted by Gasteiger charge is 2.51. The molecular formula is C10H19N2O+. The van der Waals surface area contributed by atoms with Crippen LogP contribution in [0.25, 0.3) is 0 Å². The van der Waals surface area contributed by atoms with Crippen LogP contribution in [0, 0.1) is 0 Å². The number of rotatable bonds is 3. The van der Waals surface area contributed by atoms with E-state index in [9.17, 15) is 4.79 Å². The summed E-state index contributed by atoms with van der Waals surface area (Å²) < 4.78 is 0. The summed E-state index contributed by atoms with van der Waals surface area (Å²) in [5.74, 6) is 0.379. The minimum absolute atomic E-state index is 0.188. The summed E-state index contributed by atoms with van der Waals surface area (Å²) in [7, 11) is 0. The van der Waals surface area contributed by atoms with Gasteiger partial charge in [-0.2, -0.15) is 0 Å². The number of nitrogens with zero attached hydrogens (tertiary/aromatic N) is 1. The molecule has 0 aromatic heterocycles. The Morgan fingerprint density at radius 1 is 1.62 bits per heavy atom. The zero-order valence-electron chi connectivity index (χ0n) is 8.38. The quantitative estimate of drug-likeness (QED) is 0.660. The fraction of sp³-hybridized carbons (Fsp3) is 0.900. The van der Waals surface area contributed by atoms with E-state index in [1.807, 2.05) is 0 Å². The van der Waals surface area contributed by atoms with Gasteiger partial charge in [0, 0.05) is 19.3 Å². The molecule has 0 radical (unpaired) electrons. The number of hydrogen-bond acceptors (Lipinski definition) is 1. The summed E-state index contributed by atoms with van der Waals surface area (Å²) in [4.78, 5) is 13.6. The van der Waals surface area contributed by atoms with Crippen LogP contribution in [-0.4, -0.2) is 29.6 Å². The van der Waals surface area contributed by atoms with Crippen molar-refractivity contribution in [3.05, 3.63) is 0 Å². The van der Waals surface area contributed by atoms with Gasteiger partial charge in [0.25, 0.3) is 0 Å². The zero-order chi connectivity index (χ0) is 9.31. The van der Waals surface area contributed by atoms with Crippen LogP contribution in [0.15, 0.2) is 0 Å². The topological polar surface area (TPSA) is 36.9 Å². The van der Waals surface area contributed by atoms with Crippen LogP contribution >= 0.6 is 0 Å². The molecule has 2 rings (SSSR count). The molecule has 3 heteroatoms. The SMILES string of the molecule is CCCC[C@@]12CCC(=O)N1CC[NH2+]2. The van der Waals surface area contributed by atoms with E-state index in [4.69, 9.17) is 0 Å².